The van der Waals surface area contributed by atoms with Crippen molar-refractivity contribution in [2.24, 2.45) is 0 Å². The molecule has 26 heavy (non-hydrogen) atoms. The highest BCUT2D eigenvalue weighted by Crippen LogP contribution is 2.21. The van der Waals surface area contributed by atoms with Crippen molar-refractivity contribution in [1.29, 1.82) is 0 Å². The third-order valence-electron chi connectivity index (χ3n) is 4.14. The minimum atomic E-state index is 0.467. The van der Waals surface area contributed by atoms with Gasteiger partial charge in [-0.2, -0.15) is 0 Å². The maximum atomic E-state index is 5.99. The van der Waals surface area contributed by atoms with E-state index in [0.717, 1.165) is 21.9 Å². The normalized spacial score (nSPS) is 10.4. The Morgan fingerprint density at radius 3 is 2.42 bits per heavy atom. The minimum absolute atomic E-state index is 0.467. The first-order valence-corrected chi connectivity index (χ1v) is 9.21. The van der Waals surface area contributed by atoms with Crippen molar-refractivity contribution in [2.75, 3.05) is 0 Å². The number of hydrogen-bond acceptors (Lipinski definition) is 2. The largest absolute Gasteiger partial charge is 0.488 e. The van der Waals surface area contributed by atoms with Crippen LogP contribution in [0.2, 0.25) is 5.02 Å². The van der Waals surface area contributed by atoms with E-state index in [0.29, 0.717) is 18.1 Å². The van der Waals surface area contributed by atoms with Crippen LogP contribution >= 0.6 is 23.8 Å². The Kier molecular flexibility index (Phi) is 6.26. The van der Waals surface area contributed by atoms with Crippen LogP contribution in [0.25, 0.3) is 0 Å². The molecule has 3 rings (SSSR count). The molecule has 0 aliphatic carbocycles. The van der Waals surface area contributed by atoms with E-state index in [2.05, 4.69) is 24.4 Å². The molecule has 0 fully saturated rings. The van der Waals surface area contributed by atoms with E-state index < -0.39 is 0 Å². The summed E-state index contributed by atoms with van der Waals surface area (Å²) >= 11 is 11.5. The zero-order valence-corrected chi connectivity index (χ0v) is 16.1. The van der Waals surface area contributed by atoms with Crippen LogP contribution < -0.4 is 10.1 Å². The molecule has 0 saturated carbocycles. The van der Waals surface area contributed by atoms with Gasteiger partial charge in [0.2, 0.25) is 0 Å². The second-order valence-corrected chi connectivity index (χ2v) is 6.87. The van der Waals surface area contributed by atoms with Crippen molar-refractivity contribution in [1.82, 2.24) is 5.32 Å². The lowest BCUT2D eigenvalue weighted by atomic mass is 10.1. The molecule has 0 aliphatic heterocycles. The van der Waals surface area contributed by atoms with Crippen LogP contribution in [0.15, 0.2) is 72.8 Å². The molecule has 0 spiro atoms. The average molecular weight is 382 g/mol. The Labute approximate surface area is 164 Å². The van der Waals surface area contributed by atoms with E-state index >= 15 is 0 Å². The number of benzene rings is 3. The summed E-state index contributed by atoms with van der Waals surface area (Å²) in [7, 11) is 0. The molecule has 0 unspecified atom stereocenters. The van der Waals surface area contributed by atoms with Gasteiger partial charge in [-0.3, -0.25) is 0 Å². The molecule has 0 amide bonds. The fraction of sp³-hybridized carbons (Fsp3) is 0.136. The molecular formula is C22H20ClNOS. The summed E-state index contributed by atoms with van der Waals surface area (Å²) in [6.45, 7) is 3.26. The highest BCUT2D eigenvalue weighted by Gasteiger charge is 2.09. The van der Waals surface area contributed by atoms with Crippen LogP contribution in [0, 0.1) is 6.92 Å². The first kappa shape index (κ1) is 18.4. The van der Waals surface area contributed by atoms with Crippen molar-refractivity contribution in [2.45, 2.75) is 20.1 Å². The van der Waals surface area contributed by atoms with Crippen molar-refractivity contribution in [3.05, 3.63) is 100 Å². The van der Waals surface area contributed by atoms with Gasteiger partial charge in [0.05, 0.1) is 5.56 Å². The fourth-order valence-corrected chi connectivity index (χ4v) is 2.97. The van der Waals surface area contributed by atoms with Crippen LogP contribution in [0.5, 0.6) is 5.75 Å². The first-order chi connectivity index (χ1) is 12.6. The lowest BCUT2D eigenvalue weighted by Gasteiger charge is -2.14. The van der Waals surface area contributed by atoms with E-state index in [4.69, 9.17) is 28.6 Å². The Hall–Kier alpha value is -2.36. The predicted molar refractivity (Wildman–Crippen MR) is 112 cm³/mol. The van der Waals surface area contributed by atoms with Gasteiger partial charge in [-0.25, -0.2) is 0 Å². The number of thiocarbonyl (C=S) groups is 1. The molecule has 1 N–H and O–H groups in total. The van der Waals surface area contributed by atoms with E-state index in [-0.39, 0.29) is 0 Å². The maximum absolute atomic E-state index is 5.99. The van der Waals surface area contributed by atoms with Gasteiger partial charge < -0.3 is 10.1 Å². The molecule has 3 aromatic carbocycles. The second-order valence-electron chi connectivity index (χ2n) is 6.02. The number of rotatable bonds is 6. The Morgan fingerprint density at radius 1 is 0.962 bits per heavy atom. The van der Waals surface area contributed by atoms with E-state index in [1.807, 2.05) is 60.7 Å². The van der Waals surface area contributed by atoms with E-state index in [1.54, 1.807) is 0 Å². The summed E-state index contributed by atoms with van der Waals surface area (Å²) < 4.78 is 5.99. The van der Waals surface area contributed by atoms with E-state index in [1.165, 1.54) is 11.1 Å². The molecule has 0 heterocycles. The summed E-state index contributed by atoms with van der Waals surface area (Å²) in [5.74, 6) is 0.768. The van der Waals surface area contributed by atoms with Gasteiger partial charge >= 0.3 is 0 Å². The monoisotopic (exact) mass is 381 g/mol. The molecule has 2 nitrogen and oxygen atoms in total. The summed E-state index contributed by atoms with van der Waals surface area (Å²) in [6.07, 6.45) is 0. The standard InChI is InChI=1S/C22H20ClNOS/c1-16-6-2-3-7-18(16)14-24-22(26)20-8-4-5-9-21(20)25-15-17-10-12-19(23)13-11-17/h2-13H,14-15H2,1H3,(H,24,26). The van der Waals surface area contributed by atoms with Crippen LogP contribution in [0.1, 0.15) is 22.3 Å². The quantitative estimate of drug-likeness (QED) is 0.554. The summed E-state index contributed by atoms with van der Waals surface area (Å²) in [4.78, 5) is 0.681. The van der Waals surface area contributed by atoms with Gasteiger partial charge in [-0.15, -0.1) is 0 Å². The summed E-state index contributed by atoms with van der Waals surface area (Å²) in [5, 5.41) is 4.05. The average Bonchev–Trinajstić information content (AvgIpc) is 2.67. The van der Waals surface area contributed by atoms with Crippen molar-refractivity contribution in [3.63, 3.8) is 0 Å². The Balaban J connectivity index is 1.67. The van der Waals surface area contributed by atoms with Crippen molar-refractivity contribution < 1.29 is 4.74 Å². The highest BCUT2D eigenvalue weighted by atomic mass is 35.5. The SMILES string of the molecule is Cc1ccccc1CNC(=S)c1ccccc1OCc1ccc(Cl)cc1. The fourth-order valence-electron chi connectivity index (χ4n) is 2.60. The van der Waals surface area contributed by atoms with Crippen LogP contribution in [0.4, 0.5) is 0 Å². The molecular weight excluding hydrogens is 362 g/mol. The molecule has 0 atom stereocenters. The molecule has 3 aromatic rings. The third kappa shape index (κ3) is 4.84. The molecule has 0 saturated heterocycles. The smallest absolute Gasteiger partial charge is 0.129 e. The van der Waals surface area contributed by atoms with Gasteiger partial charge in [0.1, 0.15) is 17.3 Å². The van der Waals surface area contributed by atoms with Crippen LogP contribution in [-0.4, -0.2) is 4.99 Å². The predicted octanol–water partition coefficient (Wildman–Crippen LogP) is 5.69. The highest BCUT2D eigenvalue weighted by molar-refractivity contribution is 7.80. The van der Waals surface area contributed by atoms with Gasteiger partial charge in [0.25, 0.3) is 0 Å². The van der Waals surface area contributed by atoms with Gasteiger partial charge in [-0.1, -0.05) is 72.3 Å². The Morgan fingerprint density at radius 2 is 1.65 bits per heavy atom. The lowest BCUT2D eigenvalue weighted by molar-refractivity contribution is 0.305. The Bertz CT molecular complexity index is 893. The second kappa shape index (κ2) is 8.84. The zero-order valence-electron chi connectivity index (χ0n) is 14.5. The van der Waals surface area contributed by atoms with Crippen molar-refractivity contribution >= 4 is 28.8 Å². The molecule has 4 heteroatoms. The summed E-state index contributed by atoms with van der Waals surface area (Å²) in [6, 6.07) is 23.7. The molecule has 0 aliphatic rings. The number of hydrogen-bond donors (Lipinski definition) is 1. The molecule has 0 bridgehead atoms. The number of ether oxygens (including phenoxy) is 1. The van der Waals surface area contributed by atoms with Gasteiger partial charge in [-0.05, 0) is 47.9 Å². The molecule has 0 radical (unpaired) electrons. The van der Waals surface area contributed by atoms with E-state index in [9.17, 15) is 0 Å². The zero-order chi connectivity index (χ0) is 18.4. The van der Waals surface area contributed by atoms with Gasteiger partial charge in [0, 0.05) is 11.6 Å². The number of halogens is 1. The van der Waals surface area contributed by atoms with Gasteiger partial charge in [0.15, 0.2) is 0 Å². The molecule has 0 aromatic heterocycles. The maximum Gasteiger partial charge on any atom is 0.129 e. The van der Waals surface area contributed by atoms with Crippen molar-refractivity contribution in [3.8, 4) is 5.75 Å². The number of aryl methyl sites for hydroxylation is 1. The lowest BCUT2D eigenvalue weighted by Crippen LogP contribution is -2.22. The topological polar surface area (TPSA) is 21.3 Å². The minimum Gasteiger partial charge on any atom is -0.488 e. The number of para-hydroxylation sites is 1. The third-order valence-corrected chi connectivity index (χ3v) is 4.76. The summed E-state index contributed by atoms with van der Waals surface area (Å²) in [5.41, 5.74) is 4.43. The van der Waals surface area contributed by atoms with Crippen LogP contribution in [0.3, 0.4) is 0 Å². The van der Waals surface area contributed by atoms with Crippen LogP contribution in [-0.2, 0) is 13.2 Å². The number of nitrogens with one attached hydrogen (secondary N) is 1. The first-order valence-electron chi connectivity index (χ1n) is 8.42. The molecule has 132 valence electrons.